The maximum absolute atomic E-state index is 13.7. The summed E-state index contributed by atoms with van der Waals surface area (Å²) < 4.78 is 18.8. The first-order chi connectivity index (χ1) is 11.9. The second-order valence-corrected chi connectivity index (χ2v) is 5.97. The highest BCUT2D eigenvalue weighted by Gasteiger charge is 2.24. The van der Waals surface area contributed by atoms with Crippen molar-refractivity contribution in [1.29, 1.82) is 0 Å². The highest BCUT2D eigenvalue weighted by atomic mass is 19.1. The number of hydrogen-bond donors (Lipinski definition) is 0. The van der Waals surface area contributed by atoms with E-state index in [1.165, 1.54) is 12.1 Å². The molecule has 0 radical (unpaired) electrons. The number of aryl methyl sites for hydroxylation is 2. The summed E-state index contributed by atoms with van der Waals surface area (Å²) in [6.45, 7) is 4.55. The molecular weight excluding hydrogens is 327 g/mol. The van der Waals surface area contributed by atoms with Crippen LogP contribution in [0.25, 0.3) is 11.1 Å². The number of nitrogens with zero attached hydrogens (tertiary/aromatic N) is 2. The molecule has 1 aliphatic rings. The lowest BCUT2D eigenvalue weighted by Gasteiger charge is -2.28. The van der Waals surface area contributed by atoms with Crippen molar-refractivity contribution >= 4 is 17.3 Å². The van der Waals surface area contributed by atoms with Gasteiger partial charge in [0.25, 0.3) is 11.6 Å². The topological polar surface area (TPSA) is 72.7 Å². The van der Waals surface area contributed by atoms with Crippen LogP contribution in [-0.4, -0.2) is 30.6 Å². The van der Waals surface area contributed by atoms with E-state index >= 15 is 0 Å². The van der Waals surface area contributed by atoms with Crippen LogP contribution in [0.2, 0.25) is 0 Å². The number of ether oxygens (including phenoxy) is 1. The van der Waals surface area contributed by atoms with Crippen LogP contribution in [0.3, 0.4) is 0 Å². The summed E-state index contributed by atoms with van der Waals surface area (Å²) in [6.07, 6.45) is 0. The van der Waals surface area contributed by atoms with Crippen molar-refractivity contribution in [3.05, 3.63) is 57.4 Å². The van der Waals surface area contributed by atoms with Crippen molar-refractivity contribution in [2.24, 2.45) is 0 Å². The molecule has 0 bridgehead atoms. The molecule has 1 saturated heterocycles. The molecule has 1 aliphatic heterocycles. The molecule has 0 aliphatic carbocycles. The van der Waals surface area contributed by atoms with E-state index < -0.39 is 10.7 Å². The summed E-state index contributed by atoms with van der Waals surface area (Å²) in [5.41, 5.74) is 2.88. The standard InChI is InChI=1S/C18H17FN2O4/c1-11-7-14(20-5-6-25-10-17(20)22)8-12(2)18(11)15-9-13(19)3-4-16(15)21(23)24/h3-4,7-9H,5-6,10H2,1-2H3. The molecule has 0 saturated carbocycles. The number of carbonyl (C=O) groups excluding carboxylic acids is 1. The number of rotatable bonds is 3. The SMILES string of the molecule is Cc1cc(N2CCOCC2=O)cc(C)c1-c1cc(F)ccc1[N+](=O)[O-]. The number of anilines is 1. The van der Waals surface area contributed by atoms with E-state index in [1.54, 1.807) is 30.9 Å². The summed E-state index contributed by atoms with van der Waals surface area (Å²) in [4.78, 5) is 24.4. The third-order valence-corrected chi connectivity index (χ3v) is 4.24. The second kappa shape index (κ2) is 6.60. The fourth-order valence-electron chi connectivity index (χ4n) is 3.18. The summed E-state index contributed by atoms with van der Waals surface area (Å²) in [6, 6.07) is 7.00. The van der Waals surface area contributed by atoms with Gasteiger partial charge in [-0.25, -0.2) is 4.39 Å². The predicted octanol–water partition coefficient (Wildman–Crippen LogP) is 3.38. The van der Waals surface area contributed by atoms with Crippen LogP contribution in [0.5, 0.6) is 0 Å². The van der Waals surface area contributed by atoms with Crippen molar-refractivity contribution in [3.8, 4) is 11.1 Å². The van der Waals surface area contributed by atoms with E-state index in [0.29, 0.717) is 24.4 Å². The van der Waals surface area contributed by atoms with E-state index in [2.05, 4.69) is 0 Å². The average molecular weight is 344 g/mol. The zero-order chi connectivity index (χ0) is 18.1. The van der Waals surface area contributed by atoms with Crippen LogP contribution in [-0.2, 0) is 9.53 Å². The minimum absolute atomic E-state index is 0.0369. The molecule has 0 atom stereocenters. The minimum atomic E-state index is -0.535. The Balaban J connectivity index is 2.12. The molecular formula is C18H17FN2O4. The van der Waals surface area contributed by atoms with Gasteiger partial charge in [0.1, 0.15) is 12.4 Å². The first-order valence-electron chi connectivity index (χ1n) is 7.82. The van der Waals surface area contributed by atoms with Crippen LogP contribution >= 0.6 is 0 Å². The molecule has 1 heterocycles. The number of nitro benzene ring substituents is 1. The molecule has 0 spiro atoms. The van der Waals surface area contributed by atoms with Gasteiger partial charge in [0.15, 0.2) is 0 Å². The highest BCUT2D eigenvalue weighted by Crippen LogP contribution is 2.37. The summed E-state index contributed by atoms with van der Waals surface area (Å²) in [5, 5.41) is 11.3. The zero-order valence-electron chi connectivity index (χ0n) is 13.9. The van der Waals surface area contributed by atoms with Crippen molar-refractivity contribution in [2.75, 3.05) is 24.7 Å². The maximum Gasteiger partial charge on any atom is 0.277 e. The predicted molar refractivity (Wildman–Crippen MR) is 91.1 cm³/mol. The molecule has 0 N–H and O–H groups in total. The molecule has 130 valence electrons. The van der Waals surface area contributed by atoms with Crippen molar-refractivity contribution in [1.82, 2.24) is 0 Å². The van der Waals surface area contributed by atoms with E-state index in [4.69, 9.17) is 4.74 Å². The number of halogens is 1. The lowest BCUT2D eigenvalue weighted by Crippen LogP contribution is -2.41. The van der Waals surface area contributed by atoms with Crippen LogP contribution < -0.4 is 4.90 Å². The van der Waals surface area contributed by atoms with E-state index in [9.17, 15) is 19.3 Å². The smallest absolute Gasteiger partial charge is 0.277 e. The van der Waals surface area contributed by atoms with Crippen LogP contribution in [0, 0.1) is 29.8 Å². The Morgan fingerprint density at radius 2 is 1.88 bits per heavy atom. The quantitative estimate of drug-likeness (QED) is 0.632. The normalized spacial score (nSPS) is 14.7. The van der Waals surface area contributed by atoms with Crippen LogP contribution in [0.4, 0.5) is 15.8 Å². The molecule has 0 aromatic heterocycles. The van der Waals surface area contributed by atoms with Gasteiger partial charge >= 0.3 is 0 Å². The number of amides is 1. The molecule has 6 nitrogen and oxygen atoms in total. The lowest BCUT2D eigenvalue weighted by atomic mass is 9.93. The van der Waals surface area contributed by atoms with Gasteiger partial charge in [-0.15, -0.1) is 0 Å². The highest BCUT2D eigenvalue weighted by molar-refractivity contribution is 5.95. The van der Waals surface area contributed by atoms with Crippen molar-refractivity contribution in [2.45, 2.75) is 13.8 Å². The molecule has 2 aromatic rings. The fourth-order valence-corrected chi connectivity index (χ4v) is 3.18. The summed E-state index contributed by atoms with van der Waals surface area (Å²) >= 11 is 0. The Bertz CT molecular complexity index is 843. The van der Waals surface area contributed by atoms with Crippen LogP contribution in [0.15, 0.2) is 30.3 Å². The molecule has 0 unspecified atom stereocenters. The van der Waals surface area contributed by atoms with E-state index in [-0.39, 0.29) is 23.8 Å². The number of morpholine rings is 1. The van der Waals surface area contributed by atoms with Gasteiger partial charge in [0.2, 0.25) is 0 Å². The fraction of sp³-hybridized carbons (Fsp3) is 0.278. The Morgan fingerprint density at radius 3 is 2.48 bits per heavy atom. The van der Waals surface area contributed by atoms with Gasteiger partial charge in [-0.2, -0.15) is 0 Å². The van der Waals surface area contributed by atoms with E-state index in [1.807, 2.05) is 0 Å². The third-order valence-electron chi connectivity index (χ3n) is 4.24. The number of nitro groups is 1. The Morgan fingerprint density at radius 1 is 1.20 bits per heavy atom. The largest absolute Gasteiger partial charge is 0.370 e. The van der Waals surface area contributed by atoms with Gasteiger partial charge in [0, 0.05) is 18.3 Å². The Kier molecular flexibility index (Phi) is 4.50. The molecule has 7 heteroatoms. The molecule has 25 heavy (non-hydrogen) atoms. The first kappa shape index (κ1) is 17.0. The maximum atomic E-state index is 13.7. The van der Waals surface area contributed by atoms with Crippen molar-refractivity contribution in [3.63, 3.8) is 0 Å². The molecule has 3 rings (SSSR count). The molecule has 1 amide bonds. The summed E-state index contributed by atoms with van der Waals surface area (Å²) in [7, 11) is 0. The minimum Gasteiger partial charge on any atom is -0.370 e. The van der Waals surface area contributed by atoms with Crippen molar-refractivity contribution < 1.29 is 18.8 Å². The second-order valence-electron chi connectivity index (χ2n) is 5.97. The van der Waals surface area contributed by atoms with Gasteiger partial charge < -0.3 is 9.64 Å². The number of carbonyl (C=O) groups is 1. The van der Waals surface area contributed by atoms with Gasteiger partial charge in [-0.1, -0.05) is 0 Å². The van der Waals surface area contributed by atoms with Crippen LogP contribution in [0.1, 0.15) is 11.1 Å². The Hall–Kier alpha value is -2.80. The third kappa shape index (κ3) is 3.23. The first-order valence-corrected chi connectivity index (χ1v) is 7.82. The van der Waals surface area contributed by atoms with E-state index in [0.717, 1.165) is 17.2 Å². The zero-order valence-corrected chi connectivity index (χ0v) is 13.9. The number of benzene rings is 2. The summed E-state index contributed by atoms with van der Waals surface area (Å²) in [5.74, 6) is -0.665. The number of hydrogen-bond acceptors (Lipinski definition) is 4. The van der Waals surface area contributed by atoms with Gasteiger partial charge in [0.05, 0.1) is 17.1 Å². The average Bonchev–Trinajstić information content (AvgIpc) is 2.54. The van der Waals surface area contributed by atoms with Gasteiger partial charge in [-0.3, -0.25) is 14.9 Å². The monoisotopic (exact) mass is 344 g/mol. The van der Waals surface area contributed by atoms with Gasteiger partial charge in [-0.05, 0) is 54.8 Å². The molecule has 1 fully saturated rings. The Labute approximate surface area is 144 Å². The lowest BCUT2D eigenvalue weighted by molar-refractivity contribution is -0.384. The molecule has 2 aromatic carbocycles.